The number of nitrogens with zero attached hydrogens (tertiary/aromatic N) is 5. The van der Waals surface area contributed by atoms with E-state index < -0.39 is 0 Å². The largest absolute Gasteiger partial charge is 0.368 e. The van der Waals surface area contributed by atoms with Gasteiger partial charge in [-0.25, -0.2) is 9.97 Å². The summed E-state index contributed by atoms with van der Waals surface area (Å²) in [5.41, 5.74) is 4.00. The minimum Gasteiger partial charge on any atom is -0.368 e. The normalized spacial score (nSPS) is 14.7. The lowest BCUT2D eigenvalue weighted by Gasteiger charge is -2.36. The van der Waals surface area contributed by atoms with Crippen molar-refractivity contribution in [1.29, 1.82) is 0 Å². The van der Waals surface area contributed by atoms with Gasteiger partial charge in [0.15, 0.2) is 5.82 Å². The number of hydrogen-bond acceptors (Lipinski definition) is 5. The van der Waals surface area contributed by atoms with Crippen LogP contribution in [0.3, 0.4) is 0 Å². The number of imidazole rings is 1. The first-order chi connectivity index (χ1) is 13.4. The second-order valence-electron chi connectivity index (χ2n) is 6.67. The number of hydrogen-bond donors (Lipinski definition) is 1. The minimum atomic E-state index is 0.758. The molecule has 3 heterocycles. The summed E-state index contributed by atoms with van der Waals surface area (Å²) < 4.78 is 0. The molecule has 1 aliphatic rings. The third-order valence-electron chi connectivity index (χ3n) is 4.98. The summed E-state index contributed by atoms with van der Waals surface area (Å²) in [7, 11) is 0. The highest BCUT2D eigenvalue weighted by Crippen LogP contribution is 2.22. The lowest BCUT2D eigenvalue weighted by Crippen LogP contribution is -2.46. The van der Waals surface area contributed by atoms with E-state index in [2.05, 4.69) is 55.1 Å². The highest BCUT2D eigenvalue weighted by molar-refractivity contribution is 5.78. The number of rotatable bonds is 3. The number of anilines is 2. The zero-order valence-corrected chi connectivity index (χ0v) is 14.9. The van der Waals surface area contributed by atoms with Gasteiger partial charge in [-0.2, -0.15) is 0 Å². The average Bonchev–Trinajstić information content (AvgIpc) is 3.19. The van der Waals surface area contributed by atoms with Crippen molar-refractivity contribution in [2.24, 2.45) is 0 Å². The first kappa shape index (κ1) is 15.8. The molecule has 0 bridgehead atoms. The van der Waals surface area contributed by atoms with Gasteiger partial charge in [-0.05, 0) is 24.3 Å². The molecule has 2 aromatic heterocycles. The third kappa shape index (κ3) is 3.10. The number of aromatic amines is 1. The molecule has 27 heavy (non-hydrogen) atoms. The van der Waals surface area contributed by atoms with Crippen LogP contribution in [0, 0.1) is 0 Å². The fourth-order valence-electron chi connectivity index (χ4n) is 3.53. The quantitative estimate of drug-likeness (QED) is 0.610. The molecule has 0 atom stereocenters. The molecule has 0 amide bonds. The van der Waals surface area contributed by atoms with Crippen molar-refractivity contribution in [3.63, 3.8) is 0 Å². The predicted molar refractivity (Wildman–Crippen MR) is 108 cm³/mol. The molecule has 0 unspecified atom stereocenters. The molecule has 6 nitrogen and oxygen atoms in total. The Hall–Kier alpha value is -3.41. The highest BCUT2D eigenvalue weighted by Gasteiger charge is 2.19. The summed E-state index contributed by atoms with van der Waals surface area (Å²) in [5.74, 6) is 1.66. The Morgan fingerprint density at radius 3 is 2.30 bits per heavy atom. The van der Waals surface area contributed by atoms with E-state index in [1.807, 2.05) is 30.5 Å². The van der Waals surface area contributed by atoms with E-state index in [1.54, 1.807) is 6.20 Å². The van der Waals surface area contributed by atoms with Crippen molar-refractivity contribution in [3.8, 4) is 11.5 Å². The van der Waals surface area contributed by atoms with Crippen LogP contribution in [0.4, 0.5) is 11.5 Å². The molecule has 2 aromatic carbocycles. The van der Waals surface area contributed by atoms with E-state index in [9.17, 15) is 0 Å². The van der Waals surface area contributed by atoms with E-state index in [0.717, 1.165) is 54.5 Å². The molecular weight excluding hydrogens is 336 g/mol. The number of aromatic nitrogens is 4. The van der Waals surface area contributed by atoms with Crippen LogP contribution in [0.1, 0.15) is 0 Å². The molecule has 0 aliphatic carbocycles. The van der Waals surface area contributed by atoms with Crippen molar-refractivity contribution in [2.75, 3.05) is 36.0 Å². The molecule has 6 heteroatoms. The number of para-hydroxylation sites is 3. The minimum absolute atomic E-state index is 0.758. The lowest BCUT2D eigenvalue weighted by molar-refractivity contribution is 0.646. The zero-order chi connectivity index (χ0) is 18.1. The van der Waals surface area contributed by atoms with Gasteiger partial charge in [0.1, 0.15) is 11.5 Å². The summed E-state index contributed by atoms with van der Waals surface area (Å²) in [6, 6.07) is 18.6. The monoisotopic (exact) mass is 356 g/mol. The summed E-state index contributed by atoms with van der Waals surface area (Å²) in [6.07, 6.45) is 3.60. The summed E-state index contributed by atoms with van der Waals surface area (Å²) in [4.78, 5) is 21.9. The van der Waals surface area contributed by atoms with Gasteiger partial charge in [0.05, 0.1) is 23.4 Å². The van der Waals surface area contributed by atoms with Gasteiger partial charge in [-0.15, -0.1) is 0 Å². The van der Waals surface area contributed by atoms with Gasteiger partial charge in [0.25, 0.3) is 0 Å². The van der Waals surface area contributed by atoms with Gasteiger partial charge < -0.3 is 14.8 Å². The molecule has 1 fully saturated rings. The van der Waals surface area contributed by atoms with Crippen LogP contribution in [0.25, 0.3) is 22.6 Å². The standard InChI is InChI=1S/C21H20N6/c1-2-6-16(7-3-1)26-10-12-27(13-11-26)20-15-22-14-19(23-20)21-24-17-8-4-5-9-18(17)25-21/h1-9,14-15H,10-13H2,(H,24,25). The van der Waals surface area contributed by atoms with Crippen LogP contribution >= 0.6 is 0 Å². The number of nitrogens with one attached hydrogen (secondary N) is 1. The maximum atomic E-state index is 4.81. The first-order valence-corrected chi connectivity index (χ1v) is 9.19. The smallest absolute Gasteiger partial charge is 0.158 e. The maximum Gasteiger partial charge on any atom is 0.158 e. The molecule has 1 N–H and O–H groups in total. The Kier molecular flexibility index (Phi) is 3.93. The van der Waals surface area contributed by atoms with Crippen LogP contribution in [-0.4, -0.2) is 46.1 Å². The van der Waals surface area contributed by atoms with E-state index in [4.69, 9.17) is 4.98 Å². The summed E-state index contributed by atoms with van der Waals surface area (Å²) in [5, 5.41) is 0. The second kappa shape index (κ2) is 6.72. The number of piperazine rings is 1. The Morgan fingerprint density at radius 1 is 0.741 bits per heavy atom. The van der Waals surface area contributed by atoms with E-state index in [-0.39, 0.29) is 0 Å². The fraction of sp³-hybridized carbons (Fsp3) is 0.190. The molecule has 0 radical (unpaired) electrons. The number of fused-ring (bicyclic) bond motifs is 1. The van der Waals surface area contributed by atoms with Gasteiger partial charge in [0.2, 0.25) is 0 Å². The molecule has 0 saturated carbocycles. The average molecular weight is 356 g/mol. The summed E-state index contributed by atoms with van der Waals surface area (Å²) >= 11 is 0. The molecule has 0 spiro atoms. The molecule has 4 aromatic rings. The van der Waals surface area contributed by atoms with Crippen molar-refractivity contribution in [2.45, 2.75) is 0 Å². The third-order valence-corrected chi connectivity index (χ3v) is 4.98. The van der Waals surface area contributed by atoms with Gasteiger partial charge >= 0.3 is 0 Å². The van der Waals surface area contributed by atoms with Gasteiger partial charge in [-0.1, -0.05) is 30.3 Å². The Labute approximate surface area is 157 Å². The Morgan fingerprint density at radius 2 is 1.48 bits per heavy atom. The van der Waals surface area contributed by atoms with Crippen LogP contribution < -0.4 is 9.80 Å². The topological polar surface area (TPSA) is 60.9 Å². The number of H-pyrrole nitrogens is 1. The van der Waals surface area contributed by atoms with Crippen molar-refractivity contribution in [3.05, 3.63) is 67.0 Å². The first-order valence-electron chi connectivity index (χ1n) is 9.19. The van der Waals surface area contributed by atoms with Crippen molar-refractivity contribution in [1.82, 2.24) is 19.9 Å². The fourth-order valence-corrected chi connectivity index (χ4v) is 3.53. The van der Waals surface area contributed by atoms with Crippen molar-refractivity contribution < 1.29 is 0 Å². The van der Waals surface area contributed by atoms with E-state index >= 15 is 0 Å². The van der Waals surface area contributed by atoms with E-state index in [1.165, 1.54) is 5.69 Å². The van der Waals surface area contributed by atoms with Crippen LogP contribution in [0.15, 0.2) is 67.0 Å². The van der Waals surface area contributed by atoms with Crippen LogP contribution in [-0.2, 0) is 0 Å². The Bertz CT molecular complexity index is 1020. The van der Waals surface area contributed by atoms with Gasteiger partial charge in [-0.3, -0.25) is 4.98 Å². The van der Waals surface area contributed by atoms with Crippen molar-refractivity contribution >= 4 is 22.5 Å². The molecule has 5 rings (SSSR count). The summed E-state index contributed by atoms with van der Waals surface area (Å²) in [6.45, 7) is 3.79. The number of benzene rings is 2. The molecular formula is C21H20N6. The maximum absolute atomic E-state index is 4.81. The molecule has 1 saturated heterocycles. The van der Waals surface area contributed by atoms with Crippen LogP contribution in [0.5, 0.6) is 0 Å². The highest BCUT2D eigenvalue weighted by atomic mass is 15.3. The SMILES string of the molecule is c1ccc(N2CCN(c3cncc(-c4nc5ccccc5[nH]4)n3)CC2)cc1. The van der Waals surface area contributed by atoms with Gasteiger partial charge in [0, 0.05) is 31.9 Å². The predicted octanol–water partition coefficient (Wildman–Crippen LogP) is 3.35. The molecule has 1 aliphatic heterocycles. The van der Waals surface area contributed by atoms with Crippen LogP contribution in [0.2, 0.25) is 0 Å². The lowest BCUT2D eigenvalue weighted by atomic mass is 10.2. The molecule has 134 valence electrons. The zero-order valence-electron chi connectivity index (χ0n) is 14.9. The second-order valence-corrected chi connectivity index (χ2v) is 6.67. The Balaban J connectivity index is 1.35. The van der Waals surface area contributed by atoms with E-state index in [0.29, 0.717) is 0 Å².